The predicted octanol–water partition coefficient (Wildman–Crippen LogP) is 3.51. The van der Waals surface area contributed by atoms with Crippen LogP contribution in [0, 0.1) is 0 Å². The molecule has 1 fully saturated rings. The number of carbonyl (C=O) groups excluding carboxylic acids is 2. The number of hydrogen-bond donors (Lipinski definition) is 1. The lowest BCUT2D eigenvalue weighted by Crippen LogP contribution is -2.37. The Bertz CT molecular complexity index is 838. The third kappa shape index (κ3) is 2.95. The average Bonchev–Trinajstić information content (AvgIpc) is 3.40. The van der Waals surface area contributed by atoms with Gasteiger partial charge < -0.3 is 14.7 Å². The van der Waals surface area contributed by atoms with E-state index < -0.39 is 17.7 Å². The van der Waals surface area contributed by atoms with Gasteiger partial charge in [-0.1, -0.05) is 36.4 Å². The van der Waals surface area contributed by atoms with Crippen LogP contribution in [0.15, 0.2) is 59.2 Å². The summed E-state index contributed by atoms with van der Waals surface area (Å²) in [5.41, 5.74) is 0.962. The van der Waals surface area contributed by atoms with Gasteiger partial charge in [0.25, 0.3) is 5.91 Å². The first-order chi connectivity index (χ1) is 12.7. The van der Waals surface area contributed by atoms with Gasteiger partial charge in [0.1, 0.15) is 0 Å². The van der Waals surface area contributed by atoms with Crippen molar-refractivity contribution in [3.8, 4) is 0 Å². The minimum absolute atomic E-state index is 0.0610. The highest BCUT2D eigenvalue weighted by Crippen LogP contribution is 2.40. The van der Waals surface area contributed by atoms with Crippen molar-refractivity contribution in [2.24, 2.45) is 0 Å². The summed E-state index contributed by atoms with van der Waals surface area (Å²) in [5.74, 6) is -1.25. The molecule has 2 aliphatic heterocycles. The smallest absolute Gasteiger partial charge is 0.290 e. The molecular weight excluding hydrogens is 350 g/mol. The van der Waals surface area contributed by atoms with Crippen molar-refractivity contribution >= 4 is 23.0 Å². The summed E-state index contributed by atoms with van der Waals surface area (Å²) >= 11 is 1.30. The highest BCUT2D eigenvalue weighted by Gasteiger charge is 2.44. The molecule has 2 unspecified atom stereocenters. The molecule has 134 valence electrons. The maximum absolute atomic E-state index is 13.0. The molecule has 2 aromatic rings. The highest BCUT2D eigenvalue weighted by atomic mass is 32.1. The van der Waals surface area contributed by atoms with Crippen LogP contribution in [0.5, 0.6) is 0 Å². The van der Waals surface area contributed by atoms with Gasteiger partial charge in [0.15, 0.2) is 5.76 Å². The van der Waals surface area contributed by atoms with Gasteiger partial charge in [-0.25, -0.2) is 0 Å². The van der Waals surface area contributed by atoms with Crippen LogP contribution in [0.2, 0.25) is 0 Å². The number of hydrogen-bond acceptors (Lipinski definition) is 5. The molecule has 1 aromatic heterocycles. The van der Waals surface area contributed by atoms with E-state index in [9.17, 15) is 14.7 Å². The van der Waals surface area contributed by atoms with Crippen LogP contribution < -0.4 is 0 Å². The minimum atomic E-state index is -0.595. The molecular formula is C20H19NO4S. The SMILES string of the molecule is O=C(C1=C(O)C(=O)N(CC2CCCO2)C1c1ccccc1)c1cccs1. The maximum Gasteiger partial charge on any atom is 0.290 e. The van der Waals surface area contributed by atoms with Gasteiger partial charge in [0, 0.05) is 13.2 Å². The van der Waals surface area contributed by atoms with E-state index >= 15 is 0 Å². The van der Waals surface area contributed by atoms with E-state index in [0.29, 0.717) is 18.0 Å². The Morgan fingerprint density at radius 3 is 2.69 bits per heavy atom. The largest absolute Gasteiger partial charge is 0.503 e. The van der Waals surface area contributed by atoms with Crippen molar-refractivity contribution in [1.29, 1.82) is 0 Å². The number of ether oxygens (including phenoxy) is 1. The molecule has 26 heavy (non-hydrogen) atoms. The van der Waals surface area contributed by atoms with Gasteiger partial charge in [-0.15, -0.1) is 11.3 Å². The molecule has 0 bridgehead atoms. The number of benzene rings is 1. The van der Waals surface area contributed by atoms with Gasteiger partial charge in [0.05, 0.1) is 22.6 Å². The molecule has 1 saturated heterocycles. The van der Waals surface area contributed by atoms with E-state index in [1.54, 1.807) is 17.0 Å². The van der Waals surface area contributed by atoms with Crippen molar-refractivity contribution < 1.29 is 19.4 Å². The zero-order chi connectivity index (χ0) is 18.1. The molecule has 0 aliphatic carbocycles. The molecule has 1 aromatic carbocycles. The summed E-state index contributed by atoms with van der Waals surface area (Å²) < 4.78 is 5.67. The van der Waals surface area contributed by atoms with Crippen molar-refractivity contribution in [2.45, 2.75) is 25.0 Å². The van der Waals surface area contributed by atoms with Crippen LogP contribution in [0.1, 0.15) is 34.1 Å². The van der Waals surface area contributed by atoms with Crippen molar-refractivity contribution in [3.63, 3.8) is 0 Å². The van der Waals surface area contributed by atoms with Crippen LogP contribution in [0.25, 0.3) is 0 Å². The summed E-state index contributed by atoms with van der Waals surface area (Å²) in [6.07, 6.45) is 1.78. The first-order valence-corrected chi connectivity index (χ1v) is 9.53. The van der Waals surface area contributed by atoms with Crippen LogP contribution in [0.3, 0.4) is 0 Å². The number of Topliss-reactive ketones (excluding diaryl/α,β-unsaturated/α-hetero) is 1. The number of carbonyl (C=O) groups is 2. The second-order valence-electron chi connectivity index (χ2n) is 6.47. The van der Waals surface area contributed by atoms with Crippen molar-refractivity contribution in [3.05, 3.63) is 69.6 Å². The Kier molecular flexibility index (Phi) is 4.61. The molecule has 0 spiro atoms. The lowest BCUT2D eigenvalue weighted by molar-refractivity contribution is -0.131. The second-order valence-corrected chi connectivity index (χ2v) is 7.42. The number of nitrogens with zero attached hydrogens (tertiary/aromatic N) is 1. The summed E-state index contributed by atoms with van der Waals surface area (Å²) in [7, 11) is 0. The number of aliphatic hydroxyl groups excluding tert-OH is 1. The standard InChI is InChI=1S/C20H19NO4S/c22-18(15-9-5-11-26-15)16-17(13-6-2-1-3-7-13)21(20(24)19(16)23)12-14-8-4-10-25-14/h1-3,5-7,9,11,14,17,23H,4,8,10,12H2. The summed E-state index contributed by atoms with van der Waals surface area (Å²) in [6, 6.07) is 12.3. The normalized spacial score (nSPS) is 23.1. The molecule has 3 heterocycles. The quantitative estimate of drug-likeness (QED) is 0.819. The van der Waals surface area contributed by atoms with E-state index in [0.717, 1.165) is 18.4 Å². The second kappa shape index (κ2) is 7.05. The molecule has 1 amide bonds. The molecule has 0 radical (unpaired) electrons. The number of aliphatic hydroxyl groups is 1. The molecule has 2 atom stereocenters. The topological polar surface area (TPSA) is 66.8 Å². The number of ketones is 1. The predicted molar refractivity (Wildman–Crippen MR) is 98.2 cm³/mol. The fraction of sp³-hybridized carbons (Fsp3) is 0.300. The fourth-order valence-electron chi connectivity index (χ4n) is 3.60. The molecule has 6 heteroatoms. The van der Waals surface area contributed by atoms with E-state index in [4.69, 9.17) is 4.74 Å². The Balaban J connectivity index is 1.74. The monoisotopic (exact) mass is 369 g/mol. The maximum atomic E-state index is 13.0. The number of rotatable bonds is 5. The summed E-state index contributed by atoms with van der Waals surface area (Å²) in [6.45, 7) is 1.05. The number of thiophene rings is 1. The Labute approximate surface area is 155 Å². The average molecular weight is 369 g/mol. The van der Waals surface area contributed by atoms with Gasteiger partial charge in [-0.3, -0.25) is 9.59 Å². The van der Waals surface area contributed by atoms with Crippen LogP contribution in [-0.2, 0) is 9.53 Å². The highest BCUT2D eigenvalue weighted by molar-refractivity contribution is 7.12. The number of amides is 1. The molecule has 2 aliphatic rings. The molecule has 1 N–H and O–H groups in total. The zero-order valence-electron chi connectivity index (χ0n) is 14.1. The summed E-state index contributed by atoms with van der Waals surface area (Å²) in [5, 5.41) is 12.3. The minimum Gasteiger partial charge on any atom is -0.503 e. The first kappa shape index (κ1) is 17.0. The molecule has 4 rings (SSSR count). The Hall–Kier alpha value is -2.44. The van der Waals surface area contributed by atoms with Crippen molar-refractivity contribution in [2.75, 3.05) is 13.2 Å². The zero-order valence-corrected chi connectivity index (χ0v) is 14.9. The Morgan fingerprint density at radius 2 is 2.04 bits per heavy atom. The molecule has 5 nitrogen and oxygen atoms in total. The van der Waals surface area contributed by atoms with E-state index in [1.807, 2.05) is 35.7 Å². The van der Waals surface area contributed by atoms with Crippen LogP contribution in [0.4, 0.5) is 0 Å². The van der Waals surface area contributed by atoms with Crippen LogP contribution >= 0.6 is 11.3 Å². The summed E-state index contributed by atoms with van der Waals surface area (Å²) in [4.78, 5) is 27.9. The van der Waals surface area contributed by atoms with Gasteiger partial charge >= 0.3 is 0 Å². The molecule has 0 saturated carbocycles. The third-order valence-electron chi connectivity index (χ3n) is 4.83. The van der Waals surface area contributed by atoms with Crippen LogP contribution in [-0.4, -0.2) is 41.0 Å². The van der Waals surface area contributed by atoms with Crippen molar-refractivity contribution in [1.82, 2.24) is 4.90 Å². The van der Waals surface area contributed by atoms with E-state index in [2.05, 4.69) is 0 Å². The first-order valence-electron chi connectivity index (χ1n) is 8.65. The lowest BCUT2D eigenvalue weighted by Gasteiger charge is -2.28. The van der Waals surface area contributed by atoms with E-state index in [-0.39, 0.29) is 17.5 Å². The van der Waals surface area contributed by atoms with Gasteiger partial charge in [0.2, 0.25) is 5.78 Å². The third-order valence-corrected chi connectivity index (χ3v) is 5.70. The van der Waals surface area contributed by atoms with E-state index in [1.165, 1.54) is 11.3 Å². The fourth-order valence-corrected chi connectivity index (χ4v) is 4.28. The Morgan fingerprint density at radius 1 is 1.23 bits per heavy atom. The lowest BCUT2D eigenvalue weighted by atomic mass is 9.95. The van der Waals surface area contributed by atoms with Gasteiger partial charge in [-0.05, 0) is 29.9 Å². The van der Waals surface area contributed by atoms with Gasteiger partial charge in [-0.2, -0.15) is 0 Å².